The molecule has 0 aliphatic heterocycles. The van der Waals surface area contributed by atoms with Crippen LogP contribution in [0.5, 0.6) is 10.8 Å². The number of amidine groups is 1. The highest BCUT2D eigenvalue weighted by Crippen LogP contribution is 2.39. The van der Waals surface area contributed by atoms with Gasteiger partial charge >= 0.3 is 0 Å². The number of ether oxygens (including phenoxy) is 1. The molecule has 0 spiro atoms. The first kappa shape index (κ1) is 20.8. The Morgan fingerprint density at radius 2 is 2.00 bits per heavy atom. The molecule has 0 atom stereocenters. The number of hydrogen-bond acceptors (Lipinski definition) is 5. The van der Waals surface area contributed by atoms with Crippen molar-refractivity contribution in [3.63, 3.8) is 0 Å². The van der Waals surface area contributed by atoms with E-state index in [9.17, 15) is 9.65 Å². The van der Waals surface area contributed by atoms with Crippen molar-refractivity contribution in [1.29, 1.82) is 5.26 Å². The van der Waals surface area contributed by atoms with Gasteiger partial charge in [-0.1, -0.05) is 13.8 Å². The smallest absolute Gasteiger partial charge is 0.218 e. The normalized spacial score (nSPS) is 12.2. The van der Waals surface area contributed by atoms with Gasteiger partial charge in [-0.05, 0) is 51.0 Å². The van der Waals surface area contributed by atoms with Crippen LogP contribution in [0.25, 0.3) is 0 Å². The van der Waals surface area contributed by atoms with Gasteiger partial charge in [0.15, 0.2) is 0 Å². The molecule has 0 unspecified atom stereocenters. The van der Waals surface area contributed by atoms with Crippen molar-refractivity contribution in [2.45, 2.75) is 47.2 Å². The first-order valence-electron chi connectivity index (χ1n) is 8.73. The summed E-state index contributed by atoms with van der Waals surface area (Å²) in [4.78, 5) is 4.69. The van der Waals surface area contributed by atoms with Crippen LogP contribution in [0, 0.1) is 31.1 Å². The number of nitriles is 1. The largest absolute Gasteiger partial charge is 0.443 e. The number of alkyl halides is 1. The zero-order valence-corrected chi connectivity index (χ0v) is 17.6. The van der Waals surface area contributed by atoms with Crippen LogP contribution in [0.4, 0.5) is 10.1 Å². The van der Waals surface area contributed by atoms with Gasteiger partial charge < -0.3 is 10.1 Å². The molecule has 1 aromatic carbocycles. The molecule has 0 saturated heterocycles. The minimum atomic E-state index is -1.70. The summed E-state index contributed by atoms with van der Waals surface area (Å²) in [5.74, 6) is 1.78. The maximum atomic E-state index is 14.3. The molecule has 1 heterocycles. The van der Waals surface area contributed by atoms with E-state index < -0.39 is 5.67 Å². The average molecular weight is 389 g/mol. The van der Waals surface area contributed by atoms with E-state index in [1.165, 1.54) is 13.8 Å². The van der Waals surface area contributed by atoms with Crippen molar-refractivity contribution in [3.05, 3.63) is 34.5 Å². The Morgan fingerprint density at radius 1 is 1.33 bits per heavy atom. The van der Waals surface area contributed by atoms with Crippen molar-refractivity contribution < 1.29 is 9.13 Å². The molecule has 2 aromatic rings. The van der Waals surface area contributed by atoms with Gasteiger partial charge in [0.05, 0.1) is 5.69 Å². The van der Waals surface area contributed by atoms with Crippen LogP contribution < -0.4 is 10.1 Å². The van der Waals surface area contributed by atoms with Crippen LogP contribution >= 0.6 is 11.5 Å². The predicted octanol–water partition coefficient (Wildman–Crippen LogP) is 5.53. The summed E-state index contributed by atoms with van der Waals surface area (Å²) < 4.78 is 24.3. The predicted molar refractivity (Wildman–Crippen MR) is 108 cm³/mol. The lowest BCUT2D eigenvalue weighted by molar-refractivity contribution is 0.215. The average Bonchev–Trinajstić information content (AvgIpc) is 2.99. The van der Waals surface area contributed by atoms with Crippen molar-refractivity contribution in [1.82, 2.24) is 9.69 Å². The number of halogens is 1. The lowest BCUT2D eigenvalue weighted by Crippen LogP contribution is -2.23. The monoisotopic (exact) mass is 388 g/mol. The fourth-order valence-corrected chi connectivity index (χ4v) is 3.40. The third-order valence-electron chi connectivity index (χ3n) is 4.08. The molecule has 7 heteroatoms. The van der Waals surface area contributed by atoms with E-state index >= 15 is 0 Å². The summed E-state index contributed by atoms with van der Waals surface area (Å²) in [5, 5.41) is 12.8. The van der Waals surface area contributed by atoms with Crippen LogP contribution in [-0.2, 0) is 5.67 Å². The van der Waals surface area contributed by atoms with Gasteiger partial charge in [0.25, 0.3) is 0 Å². The fraction of sp³-hybridized carbons (Fsp3) is 0.450. The summed E-state index contributed by atoms with van der Waals surface area (Å²) in [5.41, 5.74) is 1.22. The Labute approximate surface area is 164 Å². The molecule has 1 N–H and O–H groups in total. The Bertz CT molecular complexity index is 904. The zero-order valence-electron chi connectivity index (χ0n) is 16.8. The van der Waals surface area contributed by atoms with Gasteiger partial charge in [0.1, 0.15) is 34.6 Å². The van der Waals surface area contributed by atoms with Crippen LogP contribution in [0.2, 0.25) is 0 Å². The van der Waals surface area contributed by atoms with E-state index in [1.807, 2.05) is 39.1 Å². The van der Waals surface area contributed by atoms with Crippen LogP contribution in [0.3, 0.4) is 0 Å². The van der Waals surface area contributed by atoms with E-state index in [-0.39, 0.29) is 17.2 Å². The molecule has 0 radical (unpaired) electrons. The number of aromatic nitrogens is 1. The molecule has 0 amide bonds. The van der Waals surface area contributed by atoms with Gasteiger partial charge in [-0.2, -0.15) is 9.64 Å². The lowest BCUT2D eigenvalue weighted by Gasteiger charge is -2.14. The van der Waals surface area contributed by atoms with E-state index in [1.54, 1.807) is 0 Å². The van der Waals surface area contributed by atoms with Crippen molar-refractivity contribution in [3.8, 4) is 16.9 Å². The molecule has 0 saturated carbocycles. The first-order chi connectivity index (χ1) is 12.6. The third-order valence-corrected chi connectivity index (χ3v) is 4.80. The maximum absolute atomic E-state index is 14.3. The van der Waals surface area contributed by atoms with Gasteiger partial charge in [-0.25, -0.2) is 9.38 Å². The van der Waals surface area contributed by atoms with E-state index in [0.717, 1.165) is 34.2 Å². The highest BCUT2D eigenvalue weighted by molar-refractivity contribution is 7.08. The number of aryl methyl sites for hydroxylation is 2. The molecule has 1 aromatic heterocycles. The molecule has 0 fully saturated rings. The topological polar surface area (TPSA) is 70.3 Å². The summed E-state index contributed by atoms with van der Waals surface area (Å²) in [6, 6.07) is 5.84. The Morgan fingerprint density at radius 3 is 2.52 bits per heavy atom. The highest BCUT2D eigenvalue weighted by Gasteiger charge is 2.29. The highest BCUT2D eigenvalue weighted by atomic mass is 32.1. The zero-order chi connectivity index (χ0) is 20.4. The number of hydrogen-bond donors (Lipinski definition) is 1. The number of rotatable bonds is 5. The quantitative estimate of drug-likeness (QED) is 0.540. The molecule has 0 aliphatic rings. The third kappa shape index (κ3) is 4.64. The summed E-state index contributed by atoms with van der Waals surface area (Å²) in [6.45, 7) is 10.8. The van der Waals surface area contributed by atoms with Gasteiger partial charge in [-0.3, -0.25) is 0 Å². The molecular weight excluding hydrogens is 363 g/mol. The number of nitrogens with one attached hydrogen (secondary N) is 1. The van der Waals surface area contributed by atoms with Crippen molar-refractivity contribution in [2.24, 2.45) is 10.9 Å². The van der Waals surface area contributed by atoms with E-state index in [0.29, 0.717) is 10.8 Å². The second-order valence-electron chi connectivity index (χ2n) is 7.19. The van der Waals surface area contributed by atoms with Gasteiger partial charge in [0, 0.05) is 24.5 Å². The minimum absolute atomic E-state index is 0.108. The SMILES string of the molecule is CNC(=Nc1cc(C)c(Oc2snc(C(C)(C)F)c2C#N)cc1C)C(C)C. The fourth-order valence-electron chi connectivity index (χ4n) is 2.56. The molecule has 2 rings (SSSR count). The molecule has 0 bridgehead atoms. The second-order valence-corrected chi connectivity index (χ2v) is 7.92. The lowest BCUT2D eigenvalue weighted by atomic mass is 10.0. The van der Waals surface area contributed by atoms with E-state index in [4.69, 9.17) is 9.73 Å². The molecule has 144 valence electrons. The number of nitrogens with zero attached hydrogens (tertiary/aromatic N) is 3. The Kier molecular flexibility index (Phi) is 6.22. The van der Waals surface area contributed by atoms with Crippen LogP contribution in [0.1, 0.15) is 50.1 Å². The second kappa shape index (κ2) is 8.05. The first-order valence-corrected chi connectivity index (χ1v) is 9.50. The molecular formula is C20H25FN4OS. The summed E-state index contributed by atoms with van der Waals surface area (Å²) >= 11 is 0.987. The standard InChI is InChI=1S/C20H25FN4OS/c1-11(2)18(23-7)24-15-8-13(4)16(9-12(15)3)26-19-14(10-22)17(25-27-19)20(5,6)21/h8-9,11H,1-7H3,(H,23,24). The van der Waals surface area contributed by atoms with Crippen LogP contribution in [0.15, 0.2) is 17.1 Å². The van der Waals surface area contributed by atoms with Gasteiger partial charge in [-0.15, -0.1) is 0 Å². The van der Waals surface area contributed by atoms with Crippen molar-refractivity contribution >= 4 is 23.1 Å². The maximum Gasteiger partial charge on any atom is 0.218 e. The van der Waals surface area contributed by atoms with Crippen LogP contribution in [-0.4, -0.2) is 17.3 Å². The molecule has 5 nitrogen and oxygen atoms in total. The molecule has 27 heavy (non-hydrogen) atoms. The number of benzene rings is 1. The van der Waals surface area contributed by atoms with E-state index in [2.05, 4.69) is 23.5 Å². The minimum Gasteiger partial charge on any atom is -0.443 e. The Balaban J connectivity index is 2.42. The summed E-state index contributed by atoms with van der Waals surface area (Å²) in [6.07, 6.45) is 0. The van der Waals surface area contributed by atoms with Gasteiger partial charge in [0.2, 0.25) is 5.06 Å². The number of aliphatic imine (C=N–C) groups is 1. The molecule has 0 aliphatic carbocycles. The summed E-state index contributed by atoms with van der Waals surface area (Å²) in [7, 11) is 1.86. The van der Waals surface area contributed by atoms with Crippen molar-refractivity contribution in [2.75, 3.05) is 7.05 Å². The Hall–Kier alpha value is -2.46.